The number of amidine groups is 1. The van der Waals surface area contributed by atoms with Gasteiger partial charge in [-0.05, 0) is 12.1 Å². The molecule has 0 atom stereocenters. The van der Waals surface area contributed by atoms with E-state index in [9.17, 15) is 19.2 Å². The number of hydrogen-bond acceptors (Lipinski definition) is 6. The first-order valence-corrected chi connectivity index (χ1v) is 7.86. The number of carboxylic acid groups (broad SMARTS) is 1. The highest BCUT2D eigenvalue weighted by Gasteiger charge is 2.26. The van der Waals surface area contributed by atoms with E-state index < -0.39 is 30.3 Å². The molecule has 0 bridgehead atoms. The van der Waals surface area contributed by atoms with Gasteiger partial charge >= 0.3 is 5.97 Å². The molecule has 10 heteroatoms. The third-order valence-electron chi connectivity index (χ3n) is 2.82. The standard InChI is InChI=1S/C15H13N3O6S/c16-11(19)7-25-15-17-13(22)9(14(23)18-15)5-8-3-1-2-4-10(8)24-6-12(20)21/h1-5H,6-7H2,(H2,16,19)(H,20,21)(H,17,18,22,23). The number of amides is 3. The van der Waals surface area contributed by atoms with Gasteiger partial charge in [0.1, 0.15) is 11.3 Å². The van der Waals surface area contributed by atoms with E-state index in [2.05, 4.69) is 10.3 Å². The Morgan fingerprint density at radius 3 is 2.68 bits per heavy atom. The number of carboxylic acids is 1. The zero-order valence-electron chi connectivity index (χ0n) is 12.7. The maximum absolute atomic E-state index is 12.1. The number of rotatable bonds is 6. The molecule has 1 heterocycles. The van der Waals surface area contributed by atoms with Gasteiger partial charge in [0.15, 0.2) is 11.8 Å². The summed E-state index contributed by atoms with van der Waals surface area (Å²) in [4.78, 5) is 49.2. The Morgan fingerprint density at radius 2 is 2.04 bits per heavy atom. The van der Waals surface area contributed by atoms with Crippen LogP contribution in [0.3, 0.4) is 0 Å². The number of nitrogens with one attached hydrogen (secondary N) is 1. The van der Waals surface area contributed by atoms with Crippen molar-refractivity contribution in [1.29, 1.82) is 0 Å². The number of hydrogen-bond donors (Lipinski definition) is 3. The molecule has 130 valence electrons. The Morgan fingerprint density at radius 1 is 1.32 bits per heavy atom. The van der Waals surface area contributed by atoms with E-state index in [1.54, 1.807) is 18.2 Å². The largest absolute Gasteiger partial charge is 0.481 e. The summed E-state index contributed by atoms with van der Waals surface area (Å²) >= 11 is 0.841. The van der Waals surface area contributed by atoms with Crippen LogP contribution in [0.1, 0.15) is 5.56 Å². The fourth-order valence-electron chi connectivity index (χ4n) is 1.80. The molecule has 0 saturated carbocycles. The Balaban J connectivity index is 2.24. The molecule has 1 aromatic carbocycles. The summed E-state index contributed by atoms with van der Waals surface area (Å²) in [5, 5.41) is 11.1. The number of para-hydroxylation sites is 1. The molecule has 0 spiro atoms. The van der Waals surface area contributed by atoms with Crippen molar-refractivity contribution in [3.8, 4) is 5.75 Å². The van der Waals surface area contributed by atoms with Gasteiger partial charge in [-0.25, -0.2) is 4.79 Å². The fourth-order valence-corrected chi connectivity index (χ4v) is 2.39. The third-order valence-corrected chi connectivity index (χ3v) is 3.72. The lowest BCUT2D eigenvalue weighted by Crippen LogP contribution is -2.37. The smallest absolute Gasteiger partial charge is 0.341 e. The second kappa shape index (κ2) is 8.11. The maximum Gasteiger partial charge on any atom is 0.341 e. The molecular formula is C15H13N3O6S. The molecule has 1 aliphatic rings. The van der Waals surface area contributed by atoms with Gasteiger partial charge in [-0.1, -0.05) is 30.0 Å². The molecule has 1 aliphatic heterocycles. The first kappa shape index (κ1) is 18.2. The van der Waals surface area contributed by atoms with Crippen LogP contribution in [0.25, 0.3) is 6.08 Å². The Kier molecular flexibility index (Phi) is 5.90. The molecule has 2 rings (SSSR count). The number of primary amides is 1. The van der Waals surface area contributed by atoms with Gasteiger partial charge in [0.25, 0.3) is 11.8 Å². The maximum atomic E-state index is 12.1. The number of aliphatic imine (C=N–C) groups is 1. The molecule has 0 aliphatic carbocycles. The lowest BCUT2D eigenvalue weighted by atomic mass is 10.1. The van der Waals surface area contributed by atoms with Crippen LogP contribution in [-0.2, 0) is 19.2 Å². The number of nitrogens with two attached hydrogens (primary N) is 1. The summed E-state index contributed by atoms with van der Waals surface area (Å²) in [6.07, 6.45) is 1.26. The molecule has 9 nitrogen and oxygen atoms in total. The van der Waals surface area contributed by atoms with Crippen molar-refractivity contribution in [3.05, 3.63) is 35.4 Å². The van der Waals surface area contributed by atoms with Gasteiger partial charge in [-0.15, -0.1) is 0 Å². The van der Waals surface area contributed by atoms with E-state index in [1.165, 1.54) is 12.1 Å². The topological polar surface area (TPSA) is 148 Å². The van der Waals surface area contributed by atoms with Gasteiger partial charge < -0.3 is 20.9 Å². The number of aliphatic carboxylic acids is 1. The van der Waals surface area contributed by atoms with Crippen LogP contribution >= 0.6 is 11.8 Å². The number of ether oxygens (including phenoxy) is 1. The highest BCUT2D eigenvalue weighted by molar-refractivity contribution is 8.14. The van der Waals surface area contributed by atoms with Crippen LogP contribution in [0.15, 0.2) is 34.8 Å². The Hall–Kier alpha value is -3.14. The molecule has 0 saturated heterocycles. The predicted molar refractivity (Wildman–Crippen MR) is 89.8 cm³/mol. The van der Waals surface area contributed by atoms with Crippen molar-refractivity contribution in [3.63, 3.8) is 0 Å². The first-order valence-electron chi connectivity index (χ1n) is 6.87. The van der Waals surface area contributed by atoms with E-state index in [0.717, 1.165) is 11.8 Å². The highest BCUT2D eigenvalue weighted by Crippen LogP contribution is 2.22. The summed E-state index contributed by atoms with van der Waals surface area (Å²) < 4.78 is 5.12. The van der Waals surface area contributed by atoms with Gasteiger partial charge in [-0.3, -0.25) is 14.4 Å². The van der Waals surface area contributed by atoms with Crippen LogP contribution in [0.5, 0.6) is 5.75 Å². The van der Waals surface area contributed by atoms with Crippen molar-refractivity contribution in [2.24, 2.45) is 10.7 Å². The average molecular weight is 363 g/mol. The molecule has 3 amide bonds. The van der Waals surface area contributed by atoms with E-state index in [-0.39, 0.29) is 22.2 Å². The normalized spacial score (nSPS) is 15.5. The quantitative estimate of drug-likeness (QED) is 0.467. The van der Waals surface area contributed by atoms with Crippen LogP contribution < -0.4 is 15.8 Å². The molecule has 0 aromatic heterocycles. The molecule has 0 radical (unpaired) electrons. The van der Waals surface area contributed by atoms with Crippen LogP contribution in [0, 0.1) is 0 Å². The number of carbonyl (C=O) groups excluding carboxylic acids is 3. The van der Waals surface area contributed by atoms with Gasteiger partial charge in [-0.2, -0.15) is 4.99 Å². The number of carbonyl (C=O) groups is 4. The third kappa shape index (κ3) is 5.18. The lowest BCUT2D eigenvalue weighted by molar-refractivity contribution is -0.139. The number of nitrogens with zero attached hydrogens (tertiary/aromatic N) is 1. The Labute approximate surface area is 145 Å². The first-order chi connectivity index (χ1) is 11.9. The lowest BCUT2D eigenvalue weighted by Gasteiger charge is -2.14. The monoisotopic (exact) mass is 363 g/mol. The minimum absolute atomic E-state index is 0.0126. The Bertz CT molecular complexity index is 802. The summed E-state index contributed by atoms with van der Waals surface area (Å²) in [5.41, 5.74) is 5.11. The molecular weight excluding hydrogens is 350 g/mol. The van der Waals surface area contributed by atoms with Crippen LogP contribution in [0.4, 0.5) is 0 Å². The second-order valence-corrected chi connectivity index (χ2v) is 5.67. The van der Waals surface area contributed by atoms with E-state index in [1.807, 2.05) is 0 Å². The minimum atomic E-state index is -1.16. The van der Waals surface area contributed by atoms with Crippen molar-refractivity contribution >= 4 is 46.7 Å². The fraction of sp³-hybridized carbons (Fsp3) is 0.133. The SMILES string of the molecule is NC(=O)CSC1=NC(=O)/C(=C/c2ccccc2OCC(=O)O)C(=O)N1. The summed E-state index contributed by atoms with van der Waals surface area (Å²) in [6.45, 7) is -0.563. The number of thioether (sulfide) groups is 1. The van der Waals surface area contributed by atoms with E-state index in [4.69, 9.17) is 15.6 Å². The zero-order chi connectivity index (χ0) is 18.4. The van der Waals surface area contributed by atoms with Gasteiger partial charge in [0.2, 0.25) is 5.91 Å². The zero-order valence-corrected chi connectivity index (χ0v) is 13.5. The van der Waals surface area contributed by atoms with Crippen molar-refractivity contribution in [1.82, 2.24) is 5.32 Å². The van der Waals surface area contributed by atoms with Crippen molar-refractivity contribution in [2.45, 2.75) is 0 Å². The van der Waals surface area contributed by atoms with Gasteiger partial charge in [0.05, 0.1) is 5.75 Å². The molecule has 0 fully saturated rings. The summed E-state index contributed by atoms with van der Waals surface area (Å²) in [6, 6.07) is 6.34. The predicted octanol–water partition coefficient (Wildman–Crippen LogP) is -0.236. The average Bonchev–Trinajstić information content (AvgIpc) is 2.55. The summed E-state index contributed by atoms with van der Waals surface area (Å²) in [7, 11) is 0. The van der Waals surface area contributed by atoms with E-state index in [0.29, 0.717) is 5.56 Å². The molecule has 25 heavy (non-hydrogen) atoms. The number of benzene rings is 1. The van der Waals surface area contributed by atoms with Crippen molar-refractivity contribution in [2.75, 3.05) is 12.4 Å². The minimum Gasteiger partial charge on any atom is -0.481 e. The highest BCUT2D eigenvalue weighted by atomic mass is 32.2. The van der Waals surface area contributed by atoms with E-state index >= 15 is 0 Å². The van der Waals surface area contributed by atoms with Gasteiger partial charge in [0, 0.05) is 5.56 Å². The summed E-state index contributed by atoms with van der Waals surface area (Å²) in [5.74, 6) is -3.17. The van der Waals surface area contributed by atoms with Crippen LogP contribution in [-0.4, -0.2) is 46.3 Å². The molecule has 0 unspecified atom stereocenters. The van der Waals surface area contributed by atoms with Crippen molar-refractivity contribution < 1.29 is 29.0 Å². The molecule has 1 aromatic rings. The molecule has 4 N–H and O–H groups in total. The second-order valence-electron chi connectivity index (χ2n) is 4.71. The van der Waals surface area contributed by atoms with Crippen LogP contribution in [0.2, 0.25) is 0 Å².